The molecule has 0 saturated carbocycles. The van der Waals surface area contributed by atoms with Crippen molar-refractivity contribution in [3.8, 4) is 17.2 Å². The third-order valence-corrected chi connectivity index (χ3v) is 9.11. The zero-order chi connectivity index (χ0) is 32.4. The number of anilines is 1. The minimum absolute atomic E-state index is 0.0542. The van der Waals surface area contributed by atoms with Gasteiger partial charge in [0.2, 0.25) is 11.8 Å². The Morgan fingerprint density at radius 1 is 0.909 bits per heavy atom. The molecule has 2 amide bonds. The second kappa shape index (κ2) is 15.7. The van der Waals surface area contributed by atoms with E-state index in [0.29, 0.717) is 29.5 Å². The number of amides is 2. The molecule has 0 aliphatic rings. The van der Waals surface area contributed by atoms with Gasteiger partial charge in [0.15, 0.2) is 11.5 Å². The first-order valence-electron chi connectivity index (χ1n) is 14.3. The van der Waals surface area contributed by atoms with E-state index in [9.17, 15) is 18.0 Å². The average molecular weight is 646 g/mol. The molecule has 0 radical (unpaired) electrons. The van der Waals surface area contributed by atoms with Crippen molar-refractivity contribution < 1.29 is 32.2 Å². The van der Waals surface area contributed by atoms with E-state index in [-0.39, 0.29) is 34.8 Å². The van der Waals surface area contributed by atoms with Crippen LogP contribution in [0.4, 0.5) is 5.69 Å². The molecule has 12 heteroatoms. The van der Waals surface area contributed by atoms with Crippen LogP contribution >= 0.6 is 11.6 Å². The van der Waals surface area contributed by atoms with Gasteiger partial charge in [0.25, 0.3) is 10.0 Å². The molecule has 10 nitrogen and oxygen atoms in total. The maximum absolute atomic E-state index is 14.2. The van der Waals surface area contributed by atoms with Gasteiger partial charge in [-0.05, 0) is 81.3 Å². The summed E-state index contributed by atoms with van der Waals surface area (Å²) < 4.78 is 45.5. The summed E-state index contributed by atoms with van der Waals surface area (Å²) in [6.07, 6.45) is 0.707. The second-order valence-corrected chi connectivity index (χ2v) is 12.4. The van der Waals surface area contributed by atoms with Crippen molar-refractivity contribution in [3.63, 3.8) is 0 Å². The molecule has 0 fully saturated rings. The monoisotopic (exact) mass is 645 g/mol. The minimum atomic E-state index is -4.32. The predicted molar refractivity (Wildman–Crippen MR) is 171 cm³/mol. The lowest BCUT2D eigenvalue weighted by atomic mass is 10.1. The highest BCUT2D eigenvalue weighted by Crippen LogP contribution is 2.33. The fourth-order valence-electron chi connectivity index (χ4n) is 4.34. The molecule has 0 aliphatic carbocycles. The van der Waals surface area contributed by atoms with E-state index in [1.807, 2.05) is 20.8 Å². The minimum Gasteiger partial charge on any atom is -0.494 e. The van der Waals surface area contributed by atoms with Gasteiger partial charge in [-0.15, -0.1) is 0 Å². The Morgan fingerprint density at radius 3 is 2.11 bits per heavy atom. The third-order valence-electron chi connectivity index (χ3n) is 7.09. The molecule has 3 aromatic rings. The Morgan fingerprint density at radius 2 is 1.55 bits per heavy atom. The summed E-state index contributed by atoms with van der Waals surface area (Å²) in [6, 6.07) is 16.5. The molecule has 0 unspecified atom stereocenters. The third kappa shape index (κ3) is 8.57. The normalized spacial score (nSPS) is 12.5. The number of halogens is 1. The Balaban J connectivity index is 2.07. The van der Waals surface area contributed by atoms with E-state index in [4.69, 9.17) is 25.8 Å². The molecule has 2 atom stereocenters. The molecule has 0 bridgehead atoms. The summed E-state index contributed by atoms with van der Waals surface area (Å²) in [5.41, 5.74) is 0.959. The average Bonchev–Trinajstić information content (AvgIpc) is 3.02. The summed E-state index contributed by atoms with van der Waals surface area (Å²) in [7, 11) is -1.47. The molecular weight excluding hydrogens is 606 g/mol. The van der Waals surface area contributed by atoms with Crippen LogP contribution in [0.15, 0.2) is 71.6 Å². The molecular formula is C32H40ClN3O7S. The first-order chi connectivity index (χ1) is 20.9. The fourth-order valence-corrected chi connectivity index (χ4v) is 5.90. The summed E-state index contributed by atoms with van der Waals surface area (Å²) >= 11 is 6.07. The molecule has 1 N–H and O–H groups in total. The van der Waals surface area contributed by atoms with Crippen molar-refractivity contribution in [1.29, 1.82) is 0 Å². The quantitative estimate of drug-likeness (QED) is 0.239. The number of hydrogen-bond donors (Lipinski definition) is 1. The van der Waals surface area contributed by atoms with Gasteiger partial charge < -0.3 is 24.4 Å². The number of rotatable bonds is 15. The van der Waals surface area contributed by atoms with Crippen LogP contribution in [0.1, 0.15) is 39.7 Å². The Hall–Kier alpha value is -3.96. The highest BCUT2D eigenvalue weighted by Gasteiger charge is 2.33. The van der Waals surface area contributed by atoms with Crippen molar-refractivity contribution in [3.05, 3.63) is 77.3 Å². The van der Waals surface area contributed by atoms with Gasteiger partial charge in [0.05, 0.1) is 31.4 Å². The highest BCUT2D eigenvalue weighted by molar-refractivity contribution is 7.92. The van der Waals surface area contributed by atoms with Crippen LogP contribution in [0.3, 0.4) is 0 Å². The van der Waals surface area contributed by atoms with Crippen molar-refractivity contribution in [2.45, 2.75) is 57.6 Å². The zero-order valence-electron chi connectivity index (χ0n) is 25.9. The number of nitrogens with one attached hydrogen (secondary N) is 1. The molecule has 0 aliphatic heterocycles. The van der Waals surface area contributed by atoms with E-state index >= 15 is 0 Å². The van der Waals surface area contributed by atoms with E-state index in [2.05, 4.69) is 5.32 Å². The largest absolute Gasteiger partial charge is 0.494 e. The summed E-state index contributed by atoms with van der Waals surface area (Å²) in [4.78, 5) is 28.6. The molecule has 3 rings (SSSR count). The first kappa shape index (κ1) is 34.5. The van der Waals surface area contributed by atoms with Crippen LogP contribution in [0.2, 0.25) is 5.02 Å². The maximum Gasteiger partial charge on any atom is 0.264 e. The summed E-state index contributed by atoms with van der Waals surface area (Å²) in [6.45, 7) is 7.18. The first-order valence-corrected chi connectivity index (χ1v) is 16.1. The maximum atomic E-state index is 14.2. The van der Waals surface area contributed by atoms with Crippen LogP contribution < -0.4 is 23.8 Å². The van der Waals surface area contributed by atoms with Gasteiger partial charge >= 0.3 is 0 Å². The van der Waals surface area contributed by atoms with Gasteiger partial charge in [-0.3, -0.25) is 13.9 Å². The van der Waals surface area contributed by atoms with Crippen molar-refractivity contribution in [2.24, 2.45) is 0 Å². The van der Waals surface area contributed by atoms with Gasteiger partial charge in [0.1, 0.15) is 18.3 Å². The molecule has 0 saturated heterocycles. The lowest BCUT2D eigenvalue weighted by Gasteiger charge is -2.32. The van der Waals surface area contributed by atoms with Crippen LogP contribution in [-0.4, -0.2) is 64.6 Å². The lowest BCUT2D eigenvalue weighted by Crippen LogP contribution is -2.52. The number of ether oxygens (including phenoxy) is 3. The summed E-state index contributed by atoms with van der Waals surface area (Å²) in [5.74, 6) is 0.184. The molecule has 0 aromatic heterocycles. The highest BCUT2D eigenvalue weighted by atomic mass is 35.5. The Bertz CT molecular complexity index is 1520. The number of carbonyl (C=O) groups excluding carboxylic acids is 2. The van der Waals surface area contributed by atoms with Gasteiger partial charge in [-0.25, -0.2) is 8.42 Å². The van der Waals surface area contributed by atoms with Crippen LogP contribution in [-0.2, 0) is 26.2 Å². The number of carbonyl (C=O) groups is 2. The van der Waals surface area contributed by atoms with Crippen LogP contribution in [0.25, 0.3) is 0 Å². The van der Waals surface area contributed by atoms with Gasteiger partial charge in [-0.2, -0.15) is 0 Å². The van der Waals surface area contributed by atoms with Crippen molar-refractivity contribution >= 4 is 39.1 Å². The van der Waals surface area contributed by atoms with Gasteiger partial charge in [-0.1, -0.05) is 30.7 Å². The van der Waals surface area contributed by atoms with E-state index in [1.165, 1.54) is 37.3 Å². The molecule has 0 heterocycles. The number of hydrogen-bond acceptors (Lipinski definition) is 7. The zero-order valence-corrected chi connectivity index (χ0v) is 27.4. The standard InChI is InChI=1S/C32H40ClN3O7S/c1-7-22(3)34-32(38)23(4)35(20-24-9-11-25(33)12-10-24)31(37)21-36(26-13-15-27(16-14-26)43-8-2)44(39,40)28-17-18-29(41-5)30(19-28)42-6/h9-19,22-23H,7-8,20-21H2,1-6H3,(H,34,38)/t22-,23-/m0/s1. The molecule has 0 spiro atoms. The van der Waals surface area contributed by atoms with Crippen molar-refractivity contribution in [1.82, 2.24) is 10.2 Å². The van der Waals surface area contributed by atoms with Crippen molar-refractivity contribution in [2.75, 3.05) is 31.7 Å². The van der Waals surface area contributed by atoms with Crippen LogP contribution in [0.5, 0.6) is 17.2 Å². The second-order valence-electron chi connectivity index (χ2n) is 10.1. The molecule has 238 valence electrons. The summed E-state index contributed by atoms with van der Waals surface area (Å²) in [5, 5.41) is 3.44. The fraction of sp³-hybridized carbons (Fsp3) is 0.375. The molecule has 44 heavy (non-hydrogen) atoms. The number of nitrogens with zero attached hydrogens (tertiary/aromatic N) is 2. The number of sulfonamides is 1. The lowest BCUT2D eigenvalue weighted by molar-refractivity contribution is -0.139. The Kier molecular flexibility index (Phi) is 12.3. The predicted octanol–water partition coefficient (Wildman–Crippen LogP) is 5.28. The van der Waals surface area contributed by atoms with Crippen LogP contribution in [0, 0.1) is 0 Å². The van der Waals surface area contributed by atoms with E-state index in [0.717, 1.165) is 9.87 Å². The van der Waals surface area contributed by atoms with E-state index in [1.54, 1.807) is 55.5 Å². The number of methoxy groups -OCH3 is 2. The smallest absolute Gasteiger partial charge is 0.264 e. The SMILES string of the molecule is CCOc1ccc(N(CC(=O)N(Cc2ccc(Cl)cc2)[C@@H](C)C(=O)N[C@@H](C)CC)S(=O)(=O)c2ccc(OC)c(OC)c2)cc1. The molecule has 3 aromatic carbocycles. The Labute approximate surface area is 264 Å². The number of benzene rings is 3. The topological polar surface area (TPSA) is 114 Å². The van der Waals surface area contributed by atoms with Gasteiger partial charge in [0, 0.05) is 23.7 Å². The van der Waals surface area contributed by atoms with E-state index < -0.39 is 28.5 Å².